The van der Waals surface area contributed by atoms with Gasteiger partial charge in [0.25, 0.3) is 0 Å². The number of aryl methyl sites for hydroxylation is 2. The lowest BCUT2D eigenvalue weighted by atomic mass is 9.78. The van der Waals surface area contributed by atoms with Gasteiger partial charge in [0.15, 0.2) is 0 Å². The van der Waals surface area contributed by atoms with Crippen LogP contribution in [0, 0.1) is 0 Å². The van der Waals surface area contributed by atoms with Crippen LogP contribution in [0.15, 0.2) is 28.9 Å². The molecule has 1 N–H and O–H groups in total. The van der Waals surface area contributed by atoms with Gasteiger partial charge >= 0.3 is 0 Å². The zero-order valence-electron chi connectivity index (χ0n) is 10.5. The molecule has 1 aliphatic carbocycles. The maximum Gasteiger partial charge on any atom is 0.112 e. The molecule has 1 atom stereocenters. The molecule has 1 aromatic carbocycles. The number of hydrogen-bond donors (Lipinski definition) is 1. The SMILES string of the molecule is Cn1ncc(Cl)c1C1(O)CCc2cc(Br)ccc2C1. The molecular weight excluding hydrogens is 328 g/mol. The number of fused-ring (bicyclic) bond motifs is 1. The minimum Gasteiger partial charge on any atom is -0.383 e. The summed E-state index contributed by atoms with van der Waals surface area (Å²) in [6, 6.07) is 6.20. The number of rotatable bonds is 1. The first-order chi connectivity index (χ1) is 8.99. The van der Waals surface area contributed by atoms with Crippen LogP contribution in [0.1, 0.15) is 23.2 Å². The van der Waals surface area contributed by atoms with E-state index in [2.05, 4.69) is 33.2 Å². The first-order valence-electron chi connectivity index (χ1n) is 6.17. The smallest absolute Gasteiger partial charge is 0.112 e. The molecule has 2 aromatic rings. The van der Waals surface area contributed by atoms with E-state index in [0.717, 1.165) is 10.9 Å². The zero-order chi connectivity index (χ0) is 13.6. The molecule has 19 heavy (non-hydrogen) atoms. The molecule has 0 saturated heterocycles. The first kappa shape index (κ1) is 13.2. The second-order valence-electron chi connectivity index (χ2n) is 5.09. The number of aliphatic hydroxyl groups is 1. The Morgan fingerprint density at radius 3 is 2.89 bits per heavy atom. The Kier molecular flexibility index (Phi) is 3.20. The molecule has 3 rings (SSSR count). The van der Waals surface area contributed by atoms with Crippen molar-refractivity contribution in [1.82, 2.24) is 9.78 Å². The van der Waals surface area contributed by atoms with Crippen molar-refractivity contribution in [3.63, 3.8) is 0 Å². The maximum absolute atomic E-state index is 11.0. The highest BCUT2D eigenvalue weighted by Crippen LogP contribution is 2.39. The van der Waals surface area contributed by atoms with E-state index in [1.54, 1.807) is 10.9 Å². The summed E-state index contributed by atoms with van der Waals surface area (Å²) in [7, 11) is 1.82. The zero-order valence-corrected chi connectivity index (χ0v) is 12.9. The van der Waals surface area contributed by atoms with Gasteiger partial charge in [0.2, 0.25) is 0 Å². The van der Waals surface area contributed by atoms with Crippen LogP contribution in [0.4, 0.5) is 0 Å². The van der Waals surface area contributed by atoms with Crippen molar-refractivity contribution in [2.75, 3.05) is 0 Å². The number of hydrogen-bond acceptors (Lipinski definition) is 2. The molecule has 1 aliphatic rings. The van der Waals surface area contributed by atoms with E-state index in [1.807, 2.05) is 13.1 Å². The molecule has 1 aromatic heterocycles. The van der Waals surface area contributed by atoms with Gasteiger partial charge in [-0.2, -0.15) is 5.10 Å². The molecule has 0 saturated carbocycles. The van der Waals surface area contributed by atoms with Crippen molar-refractivity contribution in [1.29, 1.82) is 0 Å². The molecule has 1 unspecified atom stereocenters. The Bertz CT molecular complexity index is 621. The molecule has 0 spiro atoms. The molecular formula is C14H14BrClN2O. The fourth-order valence-electron chi connectivity index (χ4n) is 2.88. The highest BCUT2D eigenvalue weighted by Gasteiger charge is 2.38. The van der Waals surface area contributed by atoms with E-state index in [9.17, 15) is 5.11 Å². The standard InChI is InChI=1S/C14H14BrClN2O/c1-18-13(12(16)8-17-18)14(19)5-4-9-6-11(15)3-2-10(9)7-14/h2-3,6,8,19H,4-5,7H2,1H3. The van der Waals surface area contributed by atoms with Gasteiger partial charge in [-0.1, -0.05) is 33.6 Å². The summed E-state index contributed by atoms with van der Waals surface area (Å²) in [5.41, 5.74) is 2.25. The van der Waals surface area contributed by atoms with E-state index in [4.69, 9.17) is 11.6 Å². The summed E-state index contributed by atoms with van der Waals surface area (Å²) in [4.78, 5) is 0. The summed E-state index contributed by atoms with van der Waals surface area (Å²) in [6.45, 7) is 0. The van der Waals surface area contributed by atoms with Gasteiger partial charge < -0.3 is 5.11 Å². The third-order valence-corrected chi connectivity index (χ3v) is 4.56. The van der Waals surface area contributed by atoms with Gasteiger partial charge in [-0.3, -0.25) is 4.68 Å². The number of halogens is 2. The molecule has 0 fully saturated rings. The average Bonchev–Trinajstić information content (AvgIpc) is 2.70. The van der Waals surface area contributed by atoms with Crippen LogP contribution in [0.25, 0.3) is 0 Å². The minimum atomic E-state index is -0.927. The lowest BCUT2D eigenvalue weighted by Gasteiger charge is -2.34. The van der Waals surface area contributed by atoms with Gasteiger partial charge in [-0.25, -0.2) is 0 Å². The van der Waals surface area contributed by atoms with E-state index in [0.29, 0.717) is 23.6 Å². The quantitative estimate of drug-likeness (QED) is 0.865. The molecule has 1 heterocycles. The molecule has 3 nitrogen and oxygen atoms in total. The second-order valence-corrected chi connectivity index (χ2v) is 6.41. The van der Waals surface area contributed by atoms with Gasteiger partial charge in [-0.15, -0.1) is 0 Å². The lowest BCUT2D eigenvalue weighted by Crippen LogP contribution is -2.35. The van der Waals surface area contributed by atoms with Gasteiger partial charge in [0.1, 0.15) is 5.60 Å². The van der Waals surface area contributed by atoms with Crippen LogP contribution in [0.3, 0.4) is 0 Å². The Hall–Kier alpha value is -0.840. The van der Waals surface area contributed by atoms with Crippen LogP contribution in [-0.4, -0.2) is 14.9 Å². The van der Waals surface area contributed by atoms with Crippen molar-refractivity contribution in [2.24, 2.45) is 7.05 Å². The number of aromatic nitrogens is 2. The summed E-state index contributed by atoms with van der Waals surface area (Å²) >= 11 is 9.65. The van der Waals surface area contributed by atoms with Crippen molar-refractivity contribution in [3.8, 4) is 0 Å². The minimum absolute atomic E-state index is 0.533. The number of nitrogens with zero attached hydrogens (tertiary/aromatic N) is 2. The topological polar surface area (TPSA) is 38.0 Å². The van der Waals surface area contributed by atoms with E-state index in [1.165, 1.54) is 11.1 Å². The highest BCUT2D eigenvalue weighted by atomic mass is 79.9. The van der Waals surface area contributed by atoms with Crippen molar-refractivity contribution in [3.05, 3.63) is 50.7 Å². The molecule has 5 heteroatoms. The first-order valence-corrected chi connectivity index (χ1v) is 7.34. The Labute approximate surface area is 125 Å². The van der Waals surface area contributed by atoms with Crippen LogP contribution in [-0.2, 0) is 25.5 Å². The maximum atomic E-state index is 11.0. The highest BCUT2D eigenvalue weighted by molar-refractivity contribution is 9.10. The van der Waals surface area contributed by atoms with E-state index in [-0.39, 0.29) is 0 Å². The second kappa shape index (κ2) is 4.62. The van der Waals surface area contributed by atoms with Crippen molar-refractivity contribution >= 4 is 27.5 Å². The lowest BCUT2D eigenvalue weighted by molar-refractivity contribution is 0.0144. The predicted molar refractivity (Wildman–Crippen MR) is 78.3 cm³/mol. The third-order valence-electron chi connectivity index (χ3n) is 3.79. The van der Waals surface area contributed by atoms with Crippen LogP contribution >= 0.6 is 27.5 Å². The molecule has 0 amide bonds. The predicted octanol–water partition coefficient (Wildman–Crippen LogP) is 3.21. The van der Waals surface area contributed by atoms with Gasteiger partial charge in [-0.05, 0) is 36.1 Å². The van der Waals surface area contributed by atoms with Crippen molar-refractivity contribution < 1.29 is 5.11 Å². The van der Waals surface area contributed by atoms with Crippen LogP contribution in [0.2, 0.25) is 5.02 Å². The molecule has 0 bridgehead atoms. The Morgan fingerprint density at radius 1 is 1.42 bits per heavy atom. The van der Waals surface area contributed by atoms with Crippen LogP contribution < -0.4 is 0 Å². The summed E-state index contributed by atoms with van der Waals surface area (Å²) in [5, 5.41) is 15.6. The summed E-state index contributed by atoms with van der Waals surface area (Å²) in [6.07, 6.45) is 3.67. The fraction of sp³-hybridized carbons (Fsp3) is 0.357. The fourth-order valence-corrected chi connectivity index (χ4v) is 3.63. The monoisotopic (exact) mass is 340 g/mol. The van der Waals surface area contributed by atoms with Crippen molar-refractivity contribution in [2.45, 2.75) is 24.9 Å². The number of benzene rings is 1. The third kappa shape index (κ3) is 2.22. The Balaban J connectivity index is 2.03. The van der Waals surface area contributed by atoms with Gasteiger partial charge in [0.05, 0.1) is 16.9 Å². The summed E-state index contributed by atoms with van der Waals surface area (Å²) < 4.78 is 2.75. The average molecular weight is 342 g/mol. The molecule has 0 radical (unpaired) electrons. The summed E-state index contributed by atoms with van der Waals surface area (Å²) in [5.74, 6) is 0. The van der Waals surface area contributed by atoms with Crippen LogP contribution in [0.5, 0.6) is 0 Å². The van der Waals surface area contributed by atoms with E-state index < -0.39 is 5.60 Å². The Morgan fingerprint density at radius 2 is 2.21 bits per heavy atom. The molecule has 100 valence electrons. The molecule has 0 aliphatic heterocycles. The van der Waals surface area contributed by atoms with E-state index >= 15 is 0 Å². The normalized spacial score (nSPS) is 22.3. The largest absolute Gasteiger partial charge is 0.383 e. The van der Waals surface area contributed by atoms with Gasteiger partial charge in [0, 0.05) is 17.9 Å².